The number of nitrogens with one attached hydrogen (secondary N) is 2. The molecule has 4 rings (SSSR count). The molecule has 0 aliphatic carbocycles. The van der Waals surface area contributed by atoms with Crippen LogP contribution >= 0.6 is 0 Å². The van der Waals surface area contributed by atoms with Crippen molar-refractivity contribution >= 4 is 0 Å². The van der Waals surface area contributed by atoms with E-state index in [1.165, 1.54) is 11.1 Å². The molecule has 1 aliphatic rings. The summed E-state index contributed by atoms with van der Waals surface area (Å²) in [5.74, 6) is 1.13. The van der Waals surface area contributed by atoms with Crippen molar-refractivity contribution in [3.63, 3.8) is 0 Å². The van der Waals surface area contributed by atoms with Crippen LogP contribution in [0.5, 0.6) is 0 Å². The van der Waals surface area contributed by atoms with Crippen LogP contribution in [0.15, 0.2) is 54.7 Å². The predicted molar refractivity (Wildman–Crippen MR) is 120 cm³/mol. The third-order valence-corrected chi connectivity index (χ3v) is 6.38. The Morgan fingerprint density at radius 2 is 1.81 bits per heavy atom. The number of benzene rings is 2. The number of aromatic nitrogens is 2. The van der Waals surface area contributed by atoms with Crippen LogP contribution in [-0.4, -0.2) is 23.1 Å². The van der Waals surface area contributed by atoms with Crippen LogP contribution in [0.2, 0.25) is 0 Å². The maximum Gasteiger partial charge on any atom is 0.110 e. The van der Waals surface area contributed by atoms with E-state index in [2.05, 4.69) is 58.6 Å². The zero-order valence-electron chi connectivity index (χ0n) is 17.9. The van der Waals surface area contributed by atoms with Crippen molar-refractivity contribution in [2.24, 2.45) is 11.3 Å². The molecule has 0 spiro atoms. The largest absolute Gasteiger partial charge is 0.346 e. The number of imidazole rings is 1. The number of H-pyrrole nitrogens is 1. The Bertz CT molecular complexity index is 1100. The molecular formula is C26H27N5. The Morgan fingerprint density at radius 1 is 1.06 bits per heavy atom. The molecule has 31 heavy (non-hydrogen) atoms. The van der Waals surface area contributed by atoms with Gasteiger partial charge in [0.25, 0.3) is 0 Å². The van der Waals surface area contributed by atoms with Gasteiger partial charge in [0.2, 0.25) is 0 Å². The van der Waals surface area contributed by atoms with Crippen molar-refractivity contribution in [2.75, 3.05) is 13.1 Å². The molecule has 5 nitrogen and oxygen atoms in total. The van der Waals surface area contributed by atoms with Gasteiger partial charge in [0.15, 0.2) is 0 Å². The van der Waals surface area contributed by atoms with Gasteiger partial charge in [-0.1, -0.05) is 42.0 Å². The minimum absolute atomic E-state index is 0.218. The van der Waals surface area contributed by atoms with E-state index in [4.69, 9.17) is 5.26 Å². The number of hydrogen-bond acceptors (Lipinski definition) is 4. The van der Waals surface area contributed by atoms with E-state index in [0.717, 1.165) is 49.4 Å². The number of aryl methyl sites for hydroxylation is 1. The number of nitriles is 2. The van der Waals surface area contributed by atoms with E-state index in [0.29, 0.717) is 12.0 Å². The van der Waals surface area contributed by atoms with Gasteiger partial charge in [-0.3, -0.25) is 0 Å². The van der Waals surface area contributed by atoms with Crippen molar-refractivity contribution < 1.29 is 0 Å². The lowest BCUT2D eigenvalue weighted by Crippen LogP contribution is -2.46. The molecule has 0 saturated carbocycles. The summed E-state index contributed by atoms with van der Waals surface area (Å²) in [6, 6.07) is 21.0. The second kappa shape index (κ2) is 9.16. The van der Waals surface area contributed by atoms with Gasteiger partial charge in [0.05, 0.1) is 23.1 Å². The summed E-state index contributed by atoms with van der Waals surface area (Å²) in [6.07, 6.45) is 5.03. The molecule has 2 unspecified atom stereocenters. The first kappa shape index (κ1) is 20.8. The summed E-state index contributed by atoms with van der Waals surface area (Å²) in [4.78, 5) is 8.02. The third kappa shape index (κ3) is 4.85. The van der Waals surface area contributed by atoms with Gasteiger partial charge in [-0.15, -0.1) is 0 Å². The van der Waals surface area contributed by atoms with Crippen LogP contribution in [-0.2, 0) is 19.3 Å². The number of aromatic amines is 1. The molecule has 1 saturated heterocycles. The first-order valence-electron chi connectivity index (χ1n) is 10.8. The Morgan fingerprint density at radius 3 is 2.52 bits per heavy atom. The van der Waals surface area contributed by atoms with Gasteiger partial charge >= 0.3 is 0 Å². The van der Waals surface area contributed by atoms with Crippen molar-refractivity contribution in [1.29, 1.82) is 10.5 Å². The molecule has 2 N–H and O–H groups in total. The first-order valence-corrected chi connectivity index (χ1v) is 10.8. The fourth-order valence-corrected chi connectivity index (χ4v) is 4.50. The number of hydrogen-bond donors (Lipinski definition) is 2. The quantitative estimate of drug-likeness (QED) is 0.642. The SMILES string of the molecule is Cc1ccc(CC2(C#N)CCNCC2Cc2cnc(Cc3ccc(C#N)cc3)[nH]2)cc1. The van der Waals surface area contributed by atoms with Gasteiger partial charge in [0, 0.05) is 18.3 Å². The molecule has 2 aromatic carbocycles. The van der Waals surface area contributed by atoms with Gasteiger partial charge in [-0.05, 0) is 68.5 Å². The van der Waals surface area contributed by atoms with Gasteiger partial charge in [0.1, 0.15) is 5.82 Å². The molecule has 0 amide bonds. The maximum absolute atomic E-state index is 10.2. The van der Waals surface area contributed by atoms with Crippen molar-refractivity contribution in [3.05, 3.63) is 88.5 Å². The van der Waals surface area contributed by atoms with E-state index < -0.39 is 0 Å². The molecule has 0 radical (unpaired) electrons. The van der Waals surface area contributed by atoms with Crippen LogP contribution in [0.4, 0.5) is 0 Å². The lowest BCUT2D eigenvalue weighted by atomic mass is 9.66. The summed E-state index contributed by atoms with van der Waals surface area (Å²) < 4.78 is 0. The van der Waals surface area contributed by atoms with Crippen LogP contribution in [0.3, 0.4) is 0 Å². The molecule has 156 valence electrons. The predicted octanol–water partition coefficient (Wildman–Crippen LogP) is 4.09. The maximum atomic E-state index is 10.2. The van der Waals surface area contributed by atoms with Crippen LogP contribution in [0.25, 0.3) is 0 Å². The molecule has 3 aromatic rings. The standard InChI is InChI=1S/C26H27N5/c1-19-2-4-21(5-3-19)14-26(18-28)10-11-29-16-23(26)13-24-17-30-25(31-24)12-20-6-8-22(15-27)9-7-20/h2-9,17,23,29H,10-14,16H2,1H3,(H,30,31). The molecule has 1 aliphatic heterocycles. The van der Waals surface area contributed by atoms with E-state index in [-0.39, 0.29) is 11.3 Å². The fraction of sp³-hybridized carbons (Fsp3) is 0.346. The highest BCUT2D eigenvalue weighted by Crippen LogP contribution is 2.38. The van der Waals surface area contributed by atoms with E-state index in [9.17, 15) is 5.26 Å². The molecule has 2 heterocycles. The Balaban J connectivity index is 1.48. The molecular weight excluding hydrogens is 382 g/mol. The highest BCUT2D eigenvalue weighted by atomic mass is 14.9. The highest BCUT2D eigenvalue weighted by Gasteiger charge is 2.41. The zero-order chi connectivity index (χ0) is 21.7. The average Bonchev–Trinajstić information content (AvgIpc) is 3.24. The molecule has 5 heteroatoms. The minimum Gasteiger partial charge on any atom is -0.346 e. The Labute approximate surface area is 183 Å². The second-order valence-electron chi connectivity index (χ2n) is 8.63. The second-order valence-corrected chi connectivity index (χ2v) is 8.63. The van der Waals surface area contributed by atoms with Crippen molar-refractivity contribution in [1.82, 2.24) is 15.3 Å². The number of nitrogens with zero attached hydrogens (tertiary/aromatic N) is 3. The Kier molecular flexibility index (Phi) is 6.16. The van der Waals surface area contributed by atoms with Gasteiger partial charge < -0.3 is 10.3 Å². The summed E-state index contributed by atoms with van der Waals surface area (Å²) in [6.45, 7) is 3.80. The van der Waals surface area contributed by atoms with Crippen LogP contribution < -0.4 is 5.32 Å². The summed E-state index contributed by atoms with van der Waals surface area (Å²) >= 11 is 0. The molecule has 2 atom stereocenters. The van der Waals surface area contributed by atoms with Crippen molar-refractivity contribution in [3.8, 4) is 12.1 Å². The smallest absolute Gasteiger partial charge is 0.110 e. The highest BCUT2D eigenvalue weighted by molar-refractivity contribution is 5.33. The van der Waals surface area contributed by atoms with E-state index in [1.54, 1.807) is 0 Å². The normalized spacial score (nSPS) is 20.7. The third-order valence-electron chi connectivity index (χ3n) is 6.38. The lowest BCUT2D eigenvalue weighted by molar-refractivity contribution is 0.171. The van der Waals surface area contributed by atoms with Gasteiger partial charge in [-0.2, -0.15) is 10.5 Å². The molecule has 1 aromatic heterocycles. The monoisotopic (exact) mass is 409 g/mol. The number of piperidine rings is 1. The summed E-state index contributed by atoms with van der Waals surface area (Å²) in [7, 11) is 0. The summed E-state index contributed by atoms with van der Waals surface area (Å²) in [5, 5.41) is 22.7. The molecule has 0 bridgehead atoms. The van der Waals surface area contributed by atoms with Crippen LogP contribution in [0, 0.1) is 40.9 Å². The molecule has 1 fully saturated rings. The van der Waals surface area contributed by atoms with Crippen LogP contribution in [0.1, 0.15) is 40.2 Å². The van der Waals surface area contributed by atoms with Gasteiger partial charge in [-0.25, -0.2) is 4.98 Å². The fourth-order valence-electron chi connectivity index (χ4n) is 4.50. The lowest BCUT2D eigenvalue weighted by Gasteiger charge is -2.39. The number of rotatable bonds is 6. The first-order chi connectivity index (χ1) is 15.1. The average molecular weight is 410 g/mol. The topological polar surface area (TPSA) is 88.3 Å². The summed E-state index contributed by atoms with van der Waals surface area (Å²) in [5.41, 5.74) is 4.94. The minimum atomic E-state index is -0.376. The Hall–Kier alpha value is -3.41. The van der Waals surface area contributed by atoms with E-state index >= 15 is 0 Å². The van der Waals surface area contributed by atoms with E-state index in [1.807, 2.05) is 30.5 Å². The van der Waals surface area contributed by atoms with Crippen molar-refractivity contribution in [2.45, 2.75) is 32.6 Å². The zero-order valence-corrected chi connectivity index (χ0v) is 17.9.